The molecule has 0 atom stereocenters. The molecule has 1 aliphatic carbocycles. The third-order valence-electron chi connectivity index (χ3n) is 8.56. The molecule has 7 rings (SSSR count). The lowest BCUT2D eigenvalue weighted by molar-refractivity contribution is 0.101. The van der Waals surface area contributed by atoms with Crippen LogP contribution in [0.25, 0.3) is 28.6 Å². The van der Waals surface area contributed by atoms with Gasteiger partial charge >= 0.3 is 6.03 Å². The summed E-state index contributed by atoms with van der Waals surface area (Å²) in [6.45, 7) is 5.60. The summed E-state index contributed by atoms with van der Waals surface area (Å²) in [6, 6.07) is 10.6. The highest BCUT2D eigenvalue weighted by Gasteiger charge is 2.33. The van der Waals surface area contributed by atoms with E-state index in [0.717, 1.165) is 67.7 Å². The Bertz CT molecular complexity index is 1780. The molecule has 0 spiro atoms. The van der Waals surface area contributed by atoms with Crippen molar-refractivity contribution in [3.63, 3.8) is 0 Å². The molecule has 12 nitrogen and oxygen atoms in total. The van der Waals surface area contributed by atoms with Crippen molar-refractivity contribution in [1.82, 2.24) is 29.8 Å². The fraction of sp³-hybridized carbons (Fsp3) is 0.375. The van der Waals surface area contributed by atoms with E-state index in [0.29, 0.717) is 46.9 Å². The normalized spacial score (nSPS) is 18.1. The first-order valence-electron chi connectivity index (χ1n) is 14.9. The van der Waals surface area contributed by atoms with Crippen LogP contribution in [0, 0.1) is 0 Å². The average molecular weight is 598 g/mol. The van der Waals surface area contributed by atoms with Crippen LogP contribution in [0.3, 0.4) is 0 Å². The Morgan fingerprint density at radius 2 is 1.93 bits per heavy atom. The number of hydrogen-bond donors (Lipinski definition) is 2. The van der Waals surface area contributed by atoms with Crippen molar-refractivity contribution in [3.8, 4) is 23.1 Å². The molecular formula is C32H35N7O5. The number of allylic oxidation sites excluding steroid dienone is 1. The molecule has 12 heteroatoms. The minimum Gasteiger partial charge on any atom is -0.497 e. The molecule has 2 aliphatic heterocycles. The monoisotopic (exact) mass is 597 g/mol. The van der Waals surface area contributed by atoms with Gasteiger partial charge in [0.05, 0.1) is 12.7 Å². The van der Waals surface area contributed by atoms with E-state index in [4.69, 9.17) is 19.0 Å². The summed E-state index contributed by atoms with van der Waals surface area (Å²) in [5.41, 5.74) is 3.31. The molecular weight excluding hydrogens is 562 g/mol. The van der Waals surface area contributed by atoms with Crippen LogP contribution in [0.5, 0.6) is 11.5 Å². The second-order valence-corrected chi connectivity index (χ2v) is 11.5. The van der Waals surface area contributed by atoms with E-state index in [2.05, 4.69) is 37.2 Å². The van der Waals surface area contributed by atoms with Gasteiger partial charge in [0.2, 0.25) is 5.78 Å². The Labute approximate surface area is 254 Å². The second-order valence-electron chi connectivity index (χ2n) is 11.5. The van der Waals surface area contributed by atoms with Gasteiger partial charge in [0, 0.05) is 74.4 Å². The number of anilines is 1. The summed E-state index contributed by atoms with van der Waals surface area (Å²) in [5.74, 6) is 2.45. The summed E-state index contributed by atoms with van der Waals surface area (Å²) in [6.07, 6.45) is 3.87. The van der Waals surface area contributed by atoms with Crippen LogP contribution in [0.15, 0.2) is 46.7 Å². The molecule has 44 heavy (non-hydrogen) atoms. The first kappa shape index (κ1) is 28.1. The summed E-state index contributed by atoms with van der Waals surface area (Å²) < 4.78 is 19.8. The number of rotatable bonds is 8. The molecule has 1 saturated heterocycles. The van der Waals surface area contributed by atoms with E-state index >= 15 is 0 Å². The number of amides is 2. The van der Waals surface area contributed by atoms with Crippen molar-refractivity contribution in [2.75, 3.05) is 59.2 Å². The maximum atomic E-state index is 13.7. The van der Waals surface area contributed by atoms with E-state index < -0.39 is 0 Å². The van der Waals surface area contributed by atoms with Crippen molar-refractivity contribution < 1.29 is 23.6 Å². The minimum absolute atomic E-state index is 0.168. The van der Waals surface area contributed by atoms with Gasteiger partial charge in [-0.15, -0.1) is 0 Å². The van der Waals surface area contributed by atoms with E-state index in [-0.39, 0.29) is 17.6 Å². The number of piperazine rings is 1. The van der Waals surface area contributed by atoms with Gasteiger partial charge in [-0.25, -0.2) is 4.79 Å². The van der Waals surface area contributed by atoms with Gasteiger partial charge in [0.25, 0.3) is 5.89 Å². The summed E-state index contributed by atoms with van der Waals surface area (Å²) in [4.78, 5) is 35.2. The van der Waals surface area contributed by atoms with Crippen LogP contribution in [-0.4, -0.2) is 90.3 Å². The first-order chi connectivity index (χ1) is 21.4. The quantitative estimate of drug-likeness (QED) is 0.288. The smallest absolute Gasteiger partial charge is 0.318 e. The van der Waals surface area contributed by atoms with Gasteiger partial charge in [-0.05, 0) is 62.4 Å². The predicted octanol–water partition coefficient (Wildman–Crippen LogP) is 4.19. The lowest BCUT2D eigenvalue weighted by Gasteiger charge is -2.32. The third-order valence-corrected chi connectivity index (χ3v) is 8.56. The van der Waals surface area contributed by atoms with Crippen LogP contribution in [-0.2, 0) is 6.54 Å². The summed E-state index contributed by atoms with van der Waals surface area (Å²) >= 11 is 0. The van der Waals surface area contributed by atoms with Crippen molar-refractivity contribution in [3.05, 3.63) is 59.1 Å². The van der Waals surface area contributed by atoms with E-state index in [1.807, 2.05) is 18.2 Å². The topological polar surface area (TPSA) is 127 Å². The number of ether oxygens (including phenoxy) is 2. The Kier molecular flexibility index (Phi) is 7.31. The zero-order valence-corrected chi connectivity index (χ0v) is 25.1. The lowest BCUT2D eigenvalue weighted by Crippen LogP contribution is -2.45. The highest BCUT2D eigenvalue weighted by Crippen LogP contribution is 2.42. The largest absolute Gasteiger partial charge is 0.497 e. The standard InChI is InChI=1S/C32H35N7O5/c1-33-32(41)34-20-6-9-26-24(16-20)29(40)27(43-26)18-23-22-17-21(42-3)7-8-25(22)39(15-14-38-12-10-37(2)11-13-38)28(23)31-35-30(36-44-31)19-4-5-19/h6-9,16-19H,4-5,10-15H2,1-3H3,(H2,33,34,41)/b27-18-. The third kappa shape index (κ3) is 5.31. The number of nitrogens with zero attached hydrogens (tertiary/aromatic N) is 5. The van der Waals surface area contributed by atoms with Crippen LogP contribution in [0.1, 0.15) is 40.5 Å². The molecule has 4 aromatic rings. The number of urea groups is 1. The molecule has 0 bridgehead atoms. The van der Waals surface area contributed by atoms with Crippen LogP contribution in [0.4, 0.5) is 10.5 Å². The molecule has 1 saturated carbocycles. The molecule has 2 N–H and O–H groups in total. The predicted molar refractivity (Wildman–Crippen MR) is 165 cm³/mol. The average Bonchev–Trinajstić information content (AvgIpc) is 3.59. The van der Waals surface area contributed by atoms with E-state index in [1.165, 1.54) is 7.05 Å². The molecule has 2 fully saturated rings. The van der Waals surface area contributed by atoms with Gasteiger partial charge in [-0.3, -0.25) is 9.69 Å². The zero-order valence-electron chi connectivity index (χ0n) is 25.1. The van der Waals surface area contributed by atoms with Crippen LogP contribution < -0.4 is 20.1 Å². The number of likely N-dealkylation sites (N-methyl/N-ethyl adjacent to an activating group) is 1. The molecule has 4 heterocycles. The van der Waals surface area contributed by atoms with E-state index in [9.17, 15) is 9.59 Å². The van der Waals surface area contributed by atoms with Crippen LogP contribution in [0.2, 0.25) is 0 Å². The van der Waals surface area contributed by atoms with Gasteiger partial charge in [-0.2, -0.15) is 4.98 Å². The van der Waals surface area contributed by atoms with Crippen LogP contribution >= 0.6 is 0 Å². The molecule has 0 radical (unpaired) electrons. The number of carbonyl (C=O) groups excluding carboxylic acids is 2. The minimum atomic E-state index is -0.375. The van der Waals surface area contributed by atoms with E-state index in [1.54, 1.807) is 31.4 Å². The van der Waals surface area contributed by atoms with Gasteiger partial charge in [-0.1, -0.05) is 5.16 Å². The van der Waals surface area contributed by atoms with Crippen molar-refractivity contribution in [1.29, 1.82) is 0 Å². The Morgan fingerprint density at radius 3 is 2.68 bits per heavy atom. The summed E-state index contributed by atoms with van der Waals surface area (Å²) in [5, 5.41) is 10.4. The SMILES string of the molecule is CNC(=O)Nc1ccc2c(c1)C(=O)/C(=C/c1c(-c3nc(C4CC4)no3)n(CCN3CCN(C)CC3)c3ccc(OC)cc13)O2. The Balaban J connectivity index is 1.33. The number of fused-ring (bicyclic) bond motifs is 2. The van der Waals surface area contributed by atoms with Crippen molar-refractivity contribution in [2.24, 2.45) is 0 Å². The number of aromatic nitrogens is 3. The molecule has 2 aromatic carbocycles. The fourth-order valence-corrected chi connectivity index (χ4v) is 5.84. The maximum Gasteiger partial charge on any atom is 0.318 e. The highest BCUT2D eigenvalue weighted by atomic mass is 16.5. The van der Waals surface area contributed by atoms with Gasteiger partial charge in [0.1, 0.15) is 17.2 Å². The number of nitrogens with one attached hydrogen (secondary N) is 2. The molecule has 2 aromatic heterocycles. The molecule has 228 valence electrons. The zero-order chi connectivity index (χ0) is 30.4. The Morgan fingerprint density at radius 1 is 1.11 bits per heavy atom. The van der Waals surface area contributed by atoms with Crippen molar-refractivity contribution in [2.45, 2.75) is 25.3 Å². The molecule has 2 amide bonds. The number of hydrogen-bond acceptors (Lipinski definition) is 9. The fourth-order valence-electron chi connectivity index (χ4n) is 5.84. The maximum absolute atomic E-state index is 13.7. The number of Topliss-reactive ketones (excluding diaryl/α,β-unsaturated/α-hetero) is 1. The van der Waals surface area contributed by atoms with Gasteiger partial charge < -0.3 is 34.1 Å². The second kappa shape index (κ2) is 11.4. The number of benzene rings is 2. The Hall–Kier alpha value is -4.68. The number of ketones is 1. The first-order valence-corrected chi connectivity index (χ1v) is 14.9. The summed E-state index contributed by atoms with van der Waals surface area (Å²) in [7, 11) is 5.32. The van der Waals surface area contributed by atoms with Gasteiger partial charge in [0.15, 0.2) is 11.6 Å². The number of carbonyl (C=O) groups is 2. The molecule has 0 unspecified atom stereocenters. The molecule has 3 aliphatic rings. The van der Waals surface area contributed by atoms with Crippen molar-refractivity contribution >= 4 is 34.5 Å². The highest BCUT2D eigenvalue weighted by molar-refractivity contribution is 6.16. The lowest BCUT2D eigenvalue weighted by atomic mass is 10.1. The number of methoxy groups -OCH3 is 1.